The number of nitrogens with zero attached hydrogens (tertiary/aromatic N) is 6. The summed E-state index contributed by atoms with van der Waals surface area (Å²) in [5.74, 6) is 1.96. The van der Waals surface area contributed by atoms with Gasteiger partial charge in [-0.15, -0.1) is 4.33 Å². The summed E-state index contributed by atoms with van der Waals surface area (Å²) in [6.45, 7) is 3.43. The minimum atomic E-state index is -4.68. The second-order valence-electron chi connectivity index (χ2n) is 10.8. The van der Waals surface area contributed by atoms with Crippen LogP contribution in [0.25, 0.3) is 12.2 Å². The number of rotatable bonds is 14. The molecular weight excluding hydrogens is 709 g/mol. The van der Waals surface area contributed by atoms with Gasteiger partial charge in [-0.25, -0.2) is 5.26 Å². The van der Waals surface area contributed by atoms with Crippen LogP contribution in [0, 0.1) is 13.8 Å². The van der Waals surface area contributed by atoms with Crippen LogP contribution in [-0.4, -0.2) is 48.1 Å². The van der Waals surface area contributed by atoms with Crippen LogP contribution < -0.4 is 21.3 Å². The van der Waals surface area contributed by atoms with E-state index >= 15 is 0 Å². The average Bonchev–Trinajstić information content (AvgIpc) is 3.10. The van der Waals surface area contributed by atoms with Crippen LogP contribution in [0.1, 0.15) is 22.8 Å². The van der Waals surface area contributed by atoms with Crippen molar-refractivity contribution in [2.75, 3.05) is 21.3 Å². The van der Waals surface area contributed by atoms with Gasteiger partial charge in [-0.1, -0.05) is 65.7 Å². The number of aromatic nitrogens is 6. The molecule has 52 heavy (non-hydrogen) atoms. The molecule has 4 aromatic carbocycles. The van der Waals surface area contributed by atoms with Crippen molar-refractivity contribution in [3.8, 4) is 0 Å². The molecule has 0 amide bonds. The molecular formula is C34H30N10O6S2. The average molecular weight is 739 g/mol. The first-order chi connectivity index (χ1) is 25.1. The molecule has 6 rings (SSSR count). The maximum absolute atomic E-state index is 12.5. The van der Waals surface area contributed by atoms with Crippen LogP contribution >= 0.6 is 12.0 Å². The predicted octanol–water partition coefficient (Wildman–Crippen LogP) is 7.49. The largest absolute Gasteiger partial charge is 0.324 e. The maximum atomic E-state index is 12.5. The molecule has 0 aliphatic rings. The normalized spacial score (nSPS) is 11.4. The number of aryl methyl sites for hydroxylation is 2. The molecule has 6 N–H and O–H groups in total. The van der Waals surface area contributed by atoms with E-state index < -0.39 is 10.1 Å². The van der Waals surface area contributed by atoms with Gasteiger partial charge in [0, 0.05) is 27.6 Å². The first-order valence-electron chi connectivity index (χ1n) is 15.3. The number of nitrogens with one attached hydrogen (secondary N) is 4. The lowest BCUT2D eigenvalue weighted by atomic mass is 10.1. The van der Waals surface area contributed by atoms with E-state index in [2.05, 4.69) is 56.2 Å². The van der Waals surface area contributed by atoms with Crippen LogP contribution in [0.5, 0.6) is 0 Å². The van der Waals surface area contributed by atoms with Crippen molar-refractivity contribution in [2.24, 2.45) is 0 Å². The number of benzene rings is 4. The zero-order valence-corrected chi connectivity index (χ0v) is 29.1. The Labute approximate surface area is 302 Å². The van der Waals surface area contributed by atoms with Gasteiger partial charge in [0.15, 0.2) is 0 Å². The highest BCUT2D eigenvalue weighted by molar-refractivity contribution is 7.94. The number of anilines is 8. The lowest BCUT2D eigenvalue weighted by molar-refractivity contribution is -0.432. The third-order valence-electron chi connectivity index (χ3n) is 6.97. The van der Waals surface area contributed by atoms with Crippen molar-refractivity contribution >= 4 is 80.9 Å². The molecule has 0 fully saturated rings. The summed E-state index contributed by atoms with van der Waals surface area (Å²) < 4.78 is 39.9. The van der Waals surface area contributed by atoms with Crippen LogP contribution in [0.3, 0.4) is 0 Å². The molecule has 0 saturated carbocycles. The Kier molecular flexibility index (Phi) is 11.2. The molecule has 0 radical (unpaired) electrons. The third-order valence-corrected chi connectivity index (χ3v) is 8.54. The van der Waals surface area contributed by atoms with Gasteiger partial charge in [0.2, 0.25) is 23.8 Å². The summed E-state index contributed by atoms with van der Waals surface area (Å²) in [6, 6.07) is 28.3. The highest BCUT2D eigenvalue weighted by atomic mass is 32.2. The molecule has 0 aliphatic heterocycles. The van der Waals surface area contributed by atoms with Crippen LogP contribution in [-0.2, 0) is 19.5 Å². The maximum Gasteiger partial charge on any atom is 0.295 e. The van der Waals surface area contributed by atoms with Gasteiger partial charge in [-0.05, 0) is 73.5 Å². The van der Waals surface area contributed by atoms with Crippen LogP contribution in [0.15, 0.2) is 107 Å². The standard InChI is InChI=1S/C34H30N10O6S2/c1-21-35-31(39-25-9-5-3-6-10-25)43-33(37-21)41-27-17-15-23(29(19-27)51-50-49-45)13-14-24-16-18-28(20-30(24)52(46,47)48)42-34-38-22(2)36-32(44-34)40-26-11-7-4-8-12-26/h3-20,45H,1-2H3,(H,46,47,48)(H2,35,37,39,41,43)(H2,36,38,40,42,44)/b14-13+. The Bertz CT molecular complexity index is 2320. The van der Waals surface area contributed by atoms with E-state index in [4.69, 9.17) is 9.59 Å². The predicted molar refractivity (Wildman–Crippen MR) is 197 cm³/mol. The highest BCUT2D eigenvalue weighted by Gasteiger charge is 2.17. The molecule has 0 unspecified atom stereocenters. The Balaban J connectivity index is 1.23. The minimum Gasteiger partial charge on any atom is -0.324 e. The lowest BCUT2D eigenvalue weighted by Crippen LogP contribution is -2.06. The monoisotopic (exact) mass is 738 g/mol. The Morgan fingerprint density at radius 2 is 1.04 bits per heavy atom. The van der Waals surface area contributed by atoms with Gasteiger partial charge >= 0.3 is 0 Å². The summed E-state index contributed by atoms with van der Waals surface area (Å²) in [5, 5.41) is 25.0. The quantitative estimate of drug-likeness (QED) is 0.0209. The second kappa shape index (κ2) is 16.3. The Morgan fingerprint density at radius 1 is 0.596 bits per heavy atom. The molecule has 0 bridgehead atoms. The first-order valence-corrected chi connectivity index (χ1v) is 17.5. The molecule has 0 spiro atoms. The number of para-hydroxylation sites is 2. The zero-order chi connectivity index (χ0) is 36.5. The van der Waals surface area contributed by atoms with Gasteiger partial charge in [-0.2, -0.15) is 38.3 Å². The summed E-state index contributed by atoms with van der Waals surface area (Å²) >= 11 is 0.700. The van der Waals surface area contributed by atoms with Gasteiger partial charge in [-0.3, -0.25) is 4.55 Å². The molecule has 0 aliphatic carbocycles. The van der Waals surface area contributed by atoms with Crippen molar-refractivity contribution in [1.82, 2.24) is 29.9 Å². The second-order valence-corrected chi connectivity index (χ2v) is 13.0. The molecule has 18 heteroatoms. The fourth-order valence-corrected chi connectivity index (χ4v) is 5.99. The van der Waals surface area contributed by atoms with Crippen LogP contribution in [0.2, 0.25) is 0 Å². The molecule has 6 aromatic rings. The summed E-state index contributed by atoms with van der Waals surface area (Å²) in [6.07, 6.45) is 3.11. The summed E-state index contributed by atoms with van der Waals surface area (Å²) in [5.41, 5.74) is 3.17. The van der Waals surface area contributed by atoms with E-state index in [0.29, 0.717) is 51.5 Å². The third kappa shape index (κ3) is 9.82. The van der Waals surface area contributed by atoms with E-state index in [9.17, 15) is 13.0 Å². The zero-order valence-electron chi connectivity index (χ0n) is 27.4. The number of hydrogen-bond acceptors (Lipinski definition) is 16. The van der Waals surface area contributed by atoms with Crippen molar-refractivity contribution in [2.45, 2.75) is 23.6 Å². The van der Waals surface area contributed by atoms with E-state index in [1.807, 2.05) is 60.7 Å². The van der Waals surface area contributed by atoms with Crippen molar-refractivity contribution in [3.05, 3.63) is 120 Å². The molecule has 264 valence electrons. The van der Waals surface area contributed by atoms with E-state index in [-0.39, 0.29) is 28.3 Å². The Morgan fingerprint density at radius 3 is 1.52 bits per heavy atom. The molecule has 2 heterocycles. The molecule has 0 atom stereocenters. The van der Waals surface area contributed by atoms with Crippen molar-refractivity contribution in [3.63, 3.8) is 0 Å². The van der Waals surface area contributed by atoms with Gasteiger partial charge in [0.25, 0.3) is 10.1 Å². The fraction of sp³-hybridized carbons (Fsp3) is 0.0588. The van der Waals surface area contributed by atoms with Gasteiger partial charge < -0.3 is 21.3 Å². The Hall–Kier alpha value is -6.02. The minimum absolute atomic E-state index is 0.160. The number of hydrogen-bond donors (Lipinski definition) is 6. The lowest BCUT2D eigenvalue weighted by Gasteiger charge is -2.12. The fourth-order valence-electron chi connectivity index (χ4n) is 4.77. The van der Waals surface area contributed by atoms with Crippen molar-refractivity contribution < 1.29 is 27.6 Å². The highest BCUT2D eigenvalue weighted by Crippen LogP contribution is 2.31. The van der Waals surface area contributed by atoms with Crippen LogP contribution in [0.4, 0.5) is 46.5 Å². The first kappa shape index (κ1) is 35.8. The van der Waals surface area contributed by atoms with Gasteiger partial charge in [0.1, 0.15) is 16.5 Å². The van der Waals surface area contributed by atoms with E-state index in [0.717, 1.165) is 11.4 Å². The SMILES string of the molecule is Cc1nc(Nc2ccccc2)nc(Nc2ccc(/C=C/c3ccc(Nc4nc(C)nc(Nc5ccccc5)n4)cc3S(=O)(=O)O)c(SOOO)c2)n1. The molecule has 2 aromatic heterocycles. The topological polar surface area (TPSA) is 219 Å². The van der Waals surface area contributed by atoms with E-state index in [1.165, 1.54) is 18.2 Å². The van der Waals surface area contributed by atoms with Crippen molar-refractivity contribution in [1.29, 1.82) is 0 Å². The summed E-state index contributed by atoms with van der Waals surface area (Å²) in [7, 11) is -4.68. The summed E-state index contributed by atoms with van der Waals surface area (Å²) in [4.78, 5) is 26.2. The van der Waals surface area contributed by atoms with Gasteiger partial charge in [0.05, 0.1) is 12.0 Å². The van der Waals surface area contributed by atoms with E-state index in [1.54, 1.807) is 44.2 Å². The smallest absolute Gasteiger partial charge is 0.295 e. The molecule has 16 nitrogen and oxygen atoms in total. The molecule has 0 saturated heterocycles.